The lowest BCUT2D eigenvalue weighted by Crippen LogP contribution is -2.41. The maximum atomic E-state index is 11.1. The van der Waals surface area contributed by atoms with Crippen molar-refractivity contribution < 1.29 is 14.6 Å². The molecule has 0 aromatic heterocycles. The normalized spacial score (nSPS) is 19.0. The van der Waals surface area contributed by atoms with Crippen LogP contribution in [0.15, 0.2) is 18.2 Å². The highest BCUT2D eigenvalue weighted by Crippen LogP contribution is 2.22. The molecule has 2 N–H and O–H groups in total. The Hall–Kier alpha value is -1.59. The molecule has 1 aromatic carbocycles. The van der Waals surface area contributed by atoms with Crippen molar-refractivity contribution >= 4 is 5.91 Å². The Bertz CT molecular complexity index is 505. The molecule has 0 spiro atoms. The largest absolute Gasteiger partial charge is 0.496 e. The number of methoxy groups -OCH3 is 1. The minimum absolute atomic E-state index is 0.289. The number of carbonyl (C=O) groups is 1. The quantitative estimate of drug-likeness (QED) is 0.832. The van der Waals surface area contributed by atoms with Gasteiger partial charge in [0.05, 0.1) is 7.11 Å². The van der Waals surface area contributed by atoms with Crippen molar-refractivity contribution in [2.24, 2.45) is 5.92 Å². The maximum absolute atomic E-state index is 11.1. The molecule has 2 rings (SSSR count). The van der Waals surface area contributed by atoms with Crippen LogP contribution in [0, 0.1) is 12.8 Å². The van der Waals surface area contributed by atoms with Crippen molar-refractivity contribution in [3.05, 3.63) is 29.3 Å². The third-order valence-electron chi connectivity index (χ3n) is 4.20. The van der Waals surface area contributed by atoms with E-state index in [0.717, 1.165) is 43.8 Å². The first-order valence-corrected chi connectivity index (χ1v) is 7.85. The van der Waals surface area contributed by atoms with E-state index in [1.807, 2.05) is 6.07 Å². The molecule has 0 radical (unpaired) electrons. The fourth-order valence-electron chi connectivity index (χ4n) is 3.07. The van der Waals surface area contributed by atoms with Gasteiger partial charge in [0.1, 0.15) is 12.4 Å². The second kappa shape index (κ2) is 8.15. The lowest BCUT2D eigenvalue weighted by atomic mass is 9.97. The lowest BCUT2D eigenvalue weighted by Gasteiger charge is -2.33. The van der Waals surface area contributed by atoms with Gasteiger partial charge >= 0.3 is 0 Å². The number of rotatable bonds is 6. The number of amides is 1. The van der Waals surface area contributed by atoms with Crippen LogP contribution in [0.2, 0.25) is 0 Å². The molecule has 0 bridgehead atoms. The van der Waals surface area contributed by atoms with Crippen LogP contribution in [0.1, 0.15) is 24.0 Å². The molecule has 1 atom stereocenters. The third kappa shape index (κ3) is 4.71. The average Bonchev–Trinajstić information content (AvgIpc) is 2.53. The topological polar surface area (TPSA) is 61.8 Å². The van der Waals surface area contributed by atoms with Gasteiger partial charge < -0.3 is 15.2 Å². The zero-order valence-electron chi connectivity index (χ0n) is 13.5. The number of piperidine rings is 1. The zero-order chi connectivity index (χ0) is 15.9. The number of carbonyl (C=O) groups excluding carboxylic acids is 1. The Morgan fingerprint density at radius 1 is 1.50 bits per heavy atom. The first-order valence-electron chi connectivity index (χ1n) is 7.85. The molecule has 5 heteroatoms. The summed E-state index contributed by atoms with van der Waals surface area (Å²) in [6.45, 7) is 5.28. The number of nitrogens with zero attached hydrogens (tertiary/aromatic N) is 1. The van der Waals surface area contributed by atoms with Crippen LogP contribution in [0.25, 0.3) is 0 Å². The van der Waals surface area contributed by atoms with E-state index in [9.17, 15) is 4.79 Å². The Kier molecular flexibility index (Phi) is 6.21. The van der Waals surface area contributed by atoms with Crippen LogP contribution in [0.4, 0.5) is 0 Å². The number of hydrogen-bond acceptors (Lipinski definition) is 4. The highest BCUT2D eigenvalue weighted by molar-refractivity contribution is 5.76. The average molecular weight is 306 g/mol. The van der Waals surface area contributed by atoms with E-state index in [-0.39, 0.29) is 5.91 Å². The highest BCUT2D eigenvalue weighted by Gasteiger charge is 2.20. The second-order valence-corrected chi connectivity index (χ2v) is 6.01. The van der Waals surface area contributed by atoms with Crippen LogP contribution in [0.3, 0.4) is 0 Å². The Morgan fingerprint density at radius 2 is 2.32 bits per heavy atom. The summed E-state index contributed by atoms with van der Waals surface area (Å²) < 4.78 is 5.30. The molecule has 22 heavy (non-hydrogen) atoms. The summed E-state index contributed by atoms with van der Waals surface area (Å²) >= 11 is 0. The van der Waals surface area contributed by atoms with Crippen molar-refractivity contribution in [2.45, 2.75) is 26.3 Å². The number of aliphatic hydroxyl groups excluding tert-OH is 1. The van der Waals surface area contributed by atoms with Crippen LogP contribution in [-0.2, 0) is 11.3 Å². The fraction of sp³-hybridized carbons (Fsp3) is 0.588. The van der Waals surface area contributed by atoms with Gasteiger partial charge in [-0.15, -0.1) is 0 Å². The number of ether oxygens (including phenoxy) is 1. The van der Waals surface area contributed by atoms with Gasteiger partial charge in [0.25, 0.3) is 0 Å². The molecular formula is C17H26N2O3. The van der Waals surface area contributed by atoms with Crippen LogP contribution >= 0.6 is 0 Å². The van der Waals surface area contributed by atoms with Gasteiger partial charge in [0.15, 0.2) is 0 Å². The minimum atomic E-state index is -0.429. The summed E-state index contributed by atoms with van der Waals surface area (Å²) in [5.74, 6) is 1.10. The van der Waals surface area contributed by atoms with Crippen LogP contribution < -0.4 is 10.1 Å². The molecule has 1 fully saturated rings. The summed E-state index contributed by atoms with van der Waals surface area (Å²) in [7, 11) is 1.69. The molecule has 122 valence electrons. The number of benzene rings is 1. The smallest absolute Gasteiger partial charge is 0.245 e. The first-order chi connectivity index (χ1) is 10.6. The Labute approximate surface area is 132 Å². The van der Waals surface area contributed by atoms with E-state index >= 15 is 0 Å². The van der Waals surface area contributed by atoms with Gasteiger partial charge in [-0.2, -0.15) is 0 Å². The maximum Gasteiger partial charge on any atom is 0.245 e. The monoisotopic (exact) mass is 306 g/mol. The molecule has 0 aliphatic carbocycles. The van der Waals surface area contributed by atoms with Crippen LogP contribution in [0.5, 0.6) is 5.75 Å². The predicted octanol–water partition coefficient (Wildman–Crippen LogP) is 1.32. The molecule has 1 amide bonds. The van der Waals surface area contributed by atoms with Crippen molar-refractivity contribution in [3.63, 3.8) is 0 Å². The van der Waals surface area contributed by atoms with Gasteiger partial charge in [-0.25, -0.2) is 0 Å². The number of likely N-dealkylation sites (tertiary alicyclic amines) is 1. The number of hydrogen-bond donors (Lipinski definition) is 2. The third-order valence-corrected chi connectivity index (χ3v) is 4.20. The SMILES string of the molecule is COc1ccc(CN2CCC[C@@H](CNC(=O)CO)C2)cc1C. The number of aliphatic hydroxyl groups is 1. The minimum Gasteiger partial charge on any atom is -0.496 e. The van der Waals surface area contributed by atoms with E-state index in [2.05, 4.69) is 29.3 Å². The van der Waals surface area contributed by atoms with Gasteiger partial charge in [0, 0.05) is 19.6 Å². The number of nitrogens with one attached hydrogen (secondary N) is 1. The van der Waals surface area contributed by atoms with Gasteiger partial charge in [-0.05, 0) is 49.4 Å². The summed E-state index contributed by atoms with van der Waals surface area (Å²) in [5.41, 5.74) is 2.45. The van der Waals surface area contributed by atoms with E-state index in [1.165, 1.54) is 5.56 Å². The summed E-state index contributed by atoms with van der Waals surface area (Å²) in [5, 5.41) is 11.5. The summed E-state index contributed by atoms with van der Waals surface area (Å²) in [6.07, 6.45) is 2.28. The second-order valence-electron chi connectivity index (χ2n) is 6.01. The lowest BCUT2D eigenvalue weighted by molar-refractivity contribution is -0.124. The summed E-state index contributed by atoms with van der Waals surface area (Å²) in [6, 6.07) is 6.31. The fourth-order valence-corrected chi connectivity index (χ4v) is 3.07. The molecule has 5 nitrogen and oxygen atoms in total. The summed E-state index contributed by atoms with van der Waals surface area (Å²) in [4.78, 5) is 13.6. The Morgan fingerprint density at radius 3 is 3.00 bits per heavy atom. The van der Waals surface area contributed by atoms with E-state index in [4.69, 9.17) is 9.84 Å². The van der Waals surface area contributed by atoms with Crippen molar-refractivity contribution in [2.75, 3.05) is 33.4 Å². The molecule has 1 aliphatic rings. The molecule has 1 aromatic rings. The highest BCUT2D eigenvalue weighted by atomic mass is 16.5. The van der Waals surface area contributed by atoms with Gasteiger partial charge in [-0.1, -0.05) is 12.1 Å². The predicted molar refractivity (Wildman–Crippen MR) is 85.8 cm³/mol. The number of aryl methyl sites for hydroxylation is 1. The van der Waals surface area contributed by atoms with Gasteiger partial charge in [0.2, 0.25) is 5.91 Å². The van der Waals surface area contributed by atoms with Crippen LogP contribution in [-0.4, -0.2) is 49.3 Å². The molecule has 1 aliphatic heterocycles. The van der Waals surface area contributed by atoms with Crippen molar-refractivity contribution in [3.8, 4) is 5.75 Å². The van der Waals surface area contributed by atoms with E-state index in [1.54, 1.807) is 7.11 Å². The van der Waals surface area contributed by atoms with Gasteiger partial charge in [-0.3, -0.25) is 9.69 Å². The standard InChI is InChI=1S/C17H26N2O3/c1-13-8-14(5-6-16(13)22-2)10-19-7-3-4-15(11-19)9-18-17(21)12-20/h5-6,8,15,20H,3-4,7,9-12H2,1-2H3,(H,18,21)/t15-/m0/s1. The van der Waals surface area contributed by atoms with Crippen molar-refractivity contribution in [1.29, 1.82) is 0 Å². The molecule has 1 saturated heterocycles. The Balaban J connectivity index is 1.87. The zero-order valence-corrected chi connectivity index (χ0v) is 13.5. The molecule has 0 saturated carbocycles. The molecule has 1 heterocycles. The first kappa shape index (κ1) is 16.8. The van der Waals surface area contributed by atoms with E-state index in [0.29, 0.717) is 12.5 Å². The molecule has 0 unspecified atom stereocenters. The van der Waals surface area contributed by atoms with Crippen molar-refractivity contribution in [1.82, 2.24) is 10.2 Å². The molecular weight excluding hydrogens is 280 g/mol. The van der Waals surface area contributed by atoms with E-state index < -0.39 is 6.61 Å².